The SMILES string of the molecule is CC(C)Oc1ccc(C2(O)CC(C(=O)O)C2)cc1. The molecule has 0 amide bonds. The Kier molecular flexibility index (Phi) is 3.30. The topological polar surface area (TPSA) is 66.8 Å². The normalized spacial score (nSPS) is 26.8. The Morgan fingerprint density at radius 2 is 1.89 bits per heavy atom. The van der Waals surface area contributed by atoms with Gasteiger partial charge in [0.15, 0.2) is 0 Å². The first-order valence-electron chi connectivity index (χ1n) is 6.13. The molecule has 0 atom stereocenters. The Morgan fingerprint density at radius 3 is 2.33 bits per heavy atom. The zero-order valence-corrected chi connectivity index (χ0v) is 10.6. The Hall–Kier alpha value is -1.55. The molecule has 4 nitrogen and oxygen atoms in total. The molecule has 1 aromatic carbocycles. The van der Waals surface area contributed by atoms with Crippen molar-refractivity contribution >= 4 is 5.97 Å². The van der Waals surface area contributed by atoms with Gasteiger partial charge in [-0.25, -0.2) is 0 Å². The Balaban J connectivity index is 2.04. The lowest BCUT2D eigenvalue weighted by atomic mass is 9.67. The Labute approximate surface area is 106 Å². The van der Waals surface area contributed by atoms with Crippen molar-refractivity contribution in [2.75, 3.05) is 0 Å². The van der Waals surface area contributed by atoms with Gasteiger partial charge in [0.05, 0.1) is 17.6 Å². The maximum absolute atomic E-state index is 10.7. The summed E-state index contributed by atoms with van der Waals surface area (Å²) in [4.78, 5) is 10.7. The molecule has 1 aliphatic carbocycles. The van der Waals surface area contributed by atoms with E-state index in [0.29, 0.717) is 0 Å². The predicted octanol–water partition coefficient (Wildman–Crippen LogP) is 2.16. The second kappa shape index (κ2) is 4.61. The smallest absolute Gasteiger partial charge is 0.306 e. The minimum absolute atomic E-state index is 0.110. The molecule has 18 heavy (non-hydrogen) atoms. The molecular weight excluding hydrogens is 232 g/mol. The van der Waals surface area contributed by atoms with E-state index < -0.39 is 17.5 Å². The lowest BCUT2D eigenvalue weighted by Crippen LogP contribution is -2.44. The monoisotopic (exact) mass is 250 g/mol. The Bertz CT molecular complexity index is 430. The van der Waals surface area contributed by atoms with Crippen molar-refractivity contribution in [3.8, 4) is 5.75 Å². The van der Waals surface area contributed by atoms with Crippen LogP contribution in [0.4, 0.5) is 0 Å². The van der Waals surface area contributed by atoms with E-state index in [2.05, 4.69) is 0 Å². The van der Waals surface area contributed by atoms with Crippen LogP contribution in [-0.4, -0.2) is 22.3 Å². The zero-order valence-electron chi connectivity index (χ0n) is 10.6. The molecule has 4 heteroatoms. The molecule has 0 saturated heterocycles. The average molecular weight is 250 g/mol. The van der Waals surface area contributed by atoms with E-state index in [4.69, 9.17) is 9.84 Å². The molecule has 1 aromatic rings. The van der Waals surface area contributed by atoms with Gasteiger partial charge in [0.2, 0.25) is 0 Å². The van der Waals surface area contributed by atoms with E-state index >= 15 is 0 Å². The zero-order chi connectivity index (χ0) is 13.3. The van der Waals surface area contributed by atoms with Gasteiger partial charge in [-0.1, -0.05) is 12.1 Å². The van der Waals surface area contributed by atoms with Crippen molar-refractivity contribution in [3.63, 3.8) is 0 Å². The molecule has 0 spiro atoms. The molecule has 0 bridgehead atoms. The minimum atomic E-state index is -0.987. The highest BCUT2D eigenvalue weighted by molar-refractivity contribution is 5.71. The number of aliphatic carboxylic acids is 1. The molecule has 0 heterocycles. The largest absolute Gasteiger partial charge is 0.491 e. The van der Waals surface area contributed by atoms with Gasteiger partial charge in [-0.15, -0.1) is 0 Å². The van der Waals surface area contributed by atoms with Crippen LogP contribution in [-0.2, 0) is 10.4 Å². The highest BCUT2D eigenvalue weighted by Crippen LogP contribution is 2.45. The molecule has 0 radical (unpaired) electrons. The van der Waals surface area contributed by atoms with Crippen LogP contribution in [0.25, 0.3) is 0 Å². The number of hydrogen-bond donors (Lipinski definition) is 2. The number of hydrogen-bond acceptors (Lipinski definition) is 3. The van der Waals surface area contributed by atoms with Gasteiger partial charge in [0.25, 0.3) is 0 Å². The third-order valence-corrected chi connectivity index (χ3v) is 3.28. The van der Waals surface area contributed by atoms with Crippen LogP contribution in [0.15, 0.2) is 24.3 Å². The first-order valence-corrected chi connectivity index (χ1v) is 6.13. The van der Waals surface area contributed by atoms with E-state index in [9.17, 15) is 9.90 Å². The molecule has 1 saturated carbocycles. The van der Waals surface area contributed by atoms with Crippen LogP contribution in [0.3, 0.4) is 0 Å². The van der Waals surface area contributed by atoms with Gasteiger partial charge in [0.1, 0.15) is 5.75 Å². The van der Waals surface area contributed by atoms with Crippen molar-refractivity contribution in [2.24, 2.45) is 5.92 Å². The molecule has 0 unspecified atom stereocenters. The van der Waals surface area contributed by atoms with Crippen LogP contribution in [0.2, 0.25) is 0 Å². The number of rotatable bonds is 4. The summed E-state index contributed by atoms with van der Waals surface area (Å²) in [5.74, 6) is -0.507. The molecule has 1 fully saturated rings. The van der Waals surface area contributed by atoms with Crippen molar-refractivity contribution < 1.29 is 19.7 Å². The minimum Gasteiger partial charge on any atom is -0.491 e. The van der Waals surface area contributed by atoms with E-state index in [-0.39, 0.29) is 18.9 Å². The summed E-state index contributed by atoms with van der Waals surface area (Å²) in [6.07, 6.45) is 0.679. The molecular formula is C14H18O4. The molecule has 0 aliphatic heterocycles. The van der Waals surface area contributed by atoms with Gasteiger partial charge in [-0.05, 0) is 44.4 Å². The number of carboxylic acids is 1. The number of aliphatic hydroxyl groups is 1. The third-order valence-electron chi connectivity index (χ3n) is 3.28. The fraction of sp³-hybridized carbons (Fsp3) is 0.500. The standard InChI is InChI=1S/C14H18O4/c1-9(2)18-12-5-3-11(4-6-12)14(17)7-10(8-14)13(15)16/h3-6,9-10,17H,7-8H2,1-2H3,(H,15,16). The second-order valence-corrected chi connectivity index (χ2v) is 5.17. The number of ether oxygens (including phenoxy) is 1. The van der Waals surface area contributed by atoms with Gasteiger partial charge >= 0.3 is 5.97 Å². The van der Waals surface area contributed by atoms with Crippen LogP contribution >= 0.6 is 0 Å². The fourth-order valence-electron chi connectivity index (χ4n) is 2.28. The van der Waals surface area contributed by atoms with Gasteiger partial charge in [0, 0.05) is 0 Å². The second-order valence-electron chi connectivity index (χ2n) is 5.17. The summed E-state index contributed by atoms with van der Waals surface area (Å²) in [5, 5.41) is 19.1. The summed E-state index contributed by atoms with van der Waals surface area (Å²) in [6.45, 7) is 3.90. The molecule has 2 N–H and O–H groups in total. The summed E-state index contributed by atoms with van der Waals surface area (Å²) in [7, 11) is 0. The maximum atomic E-state index is 10.7. The fourth-order valence-corrected chi connectivity index (χ4v) is 2.28. The predicted molar refractivity (Wildman–Crippen MR) is 66.5 cm³/mol. The van der Waals surface area contributed by atoms with Crippen molar-refractivity contribution in [3.05, 3.63) is 29.8 Å². The van der Waals surface area contributed by atoms with E-state index in [1.54, 1.807) is 24.3 Å². The quantitative estimate of drug-likeness (QED) is 0.859. The molecule has 98 valence electrons. The first kappa shape index (κ1) is 12.9. The number of carboxylic acid groups (broad SMARTS) is 1. The summed E-state index contributed by atoms with van der Waals surface area (Å²) in [6, 6.07) is 7.22. The van der Waals surface area contributed by atoms with Gasteiger partial charge in [-0.2, -0.15) is 0 Å². The lowest BCUT2D eigenvalue weighted by Gasteiger charge is -2.41. The number of carbonyl (C=O) groups is 1. The molecule has 0 aromatic heterocycles. The highest BCUT2D eigenvalue weighted by atomic mass is 16.5. The maximum Gasteiger partial charge on any atom is 0.306 e. The van der Waals surface area contributed by atoms with E-state index in [1.165, 1.54) is 0 Å². The van der Waals surface area contributed by atoms with Crippen molar-refractivity contribution in [2.45, 2.75) is 38.4 Å². The highest BCUT2D eigenvalue weighted by Gasteiger charge is 2.47. The van der Waals surface area contributed by atoms with Crippen LogP contribution in [0, 0.1) is 5.92 Å². The van der Waals surface area contributed by atoms with E-state index in [0.717, 1.165) is 11.3 Å². The molecule has 2 rings (SSSR count). The van der Waals surface area contributed by atoms with E-state index in [1.807, 2.05) is 13.8 Å². The summed E-state index contributed by atoms with van der Waals surface area (Å²) < 4.78 is 5.52. The van der Waals surface area contributed by atoms with Gasteiger partial charge in [-0.3, -0.25) is 4.79 Å². The lowest BCUT2D eigenvalue weighted by molar-refractivity contribution is -0.159. The third kappa shape index (κ3) is 2.48. The molecule has 1 aliphatic rings. The number of benzene rings is 1. The van der Waals surface area contributed by atoms with Crippen LogP contribution in [0.5, 0.6) is 5.75 Å². The summed E-state index contributed by atoms with van der Waals surface area (Å²) in [5.41, 5.74) is -0.226. The average Bonchev–Trinajstić information content (AvgIpc) is 2.24. The summed E-state index contributed by atoms with van der Waals surface area (Å²) >= 11 is 0. The first-order chi connectivity index (χ1) is 8.40. The van der Waals surface area contributed by atoms with Crippen molar-refractivity contribution in [1.29, 1.82) is 0 Å². The van der Waals surface area contributed by atoms with Crippen LogP contribution in [0.1, 0.15) is 32.3 Å². The van der Waals surface area contributed by atoms with Crippen LogP contribution < -0.4 is 4.74 Å². The van der Waals surface area contributed by atoms with Crippen molar-refractivity contribution in [1.82, 2.24) is 0 Å². The Morgan fingerprint density at radius 1 is 1.33 bits per heavy atom. The van der Waals surface area contributed by atoms with Gasteiger partial charge < -0.3 is 14.9 Å².